The third-order valence-corrected chi connectivity index (χ3v) is 6.04. The lowest BCUT2D eigenvalue weighted by Crippen LogP contribution is -2.37. The second-order valence-corrected chi connectivity index (χ2v) is 8.59. The minimum atomic E-state index is -0.315. The molecule has 1 aliphatic rings. The fourth-order valence-electron chi connectivity index (χ4n) is 4.02. The highest BCUT2D eigenvalue weighted by molar-refractivity contribution is 5.99. The summed E-state index contributed by atoms with van der Waals surface area (Å²) in [6.45, 7) is 5.33. The van der Waals surface area contributed by atoms with Gasteiger partial charge >= 0.3 is 6.03 Å². The molecule has 1 aliphatic heterocycles. The lowest BCUT2D eigenvalue weighted by Gasteiger charge is -2.24. The van der Waals surface area contributed by atoms with E-state index < -0.39 is 0 Å². The van der Waals surface area contributed by atoms with E-state index in [9.17, 15) is 9.59 Å². The number of aryl methyl sites for hydroxylation is 1. The van der Waals surface area contributed by atoms with Crippen molar-refractivity contribution in [2.75, 3.05) is 35.7 Å². The number of rotatable bonds is 6. The Balaban J connectivity index is 1.28. The van der Waals surface area contributed by atoms with Gasteiger partial charge in [0.05, 0.1) is 6.04 Å². The average molecular weight is 459 g/mol. The lowest BCUT2D eigenvalue weighted by molar-refractivity contribution is -0.129. The number of carbonyl (C=O) groups is 2. The Morgan fingerprint density at radius 2 is 1.59 bits per heavy atom. The molecule has 7 heteroatoms. The number of urea groups is 1. The number of nitrogens with zero attached hydrogens (tertiary/aromatic N) is 2. The van der Waals surface area contributed by atoms with Crippen LogP contribution in [0.25, 0.3) is 0 Å². The second kappa shape index (κ2) is 10.3. The highest BCUT2D eigenvalue weighted by atomic mass is 16.5. The van der Waals surface area contributed by atoms with Gasteiger partial charge in [-0.05, 0) is 79.6 Å². The topological polar surface area (TPSA) is 73.9 Å². The summed E-state index contributed by atoms with van der Waals surface area (Å²) in [6, 6.07) is 22.7. The third kappa shape index (κ3) is 5.86. The van der Waals surface area contributed by atoms with Gasteiger partial charge in [-0.1, -0.05) is 12.1 Å². The zero-order chi connectivity index (χ0) is 24.1. The van der Waals surface area contributed by atoms with Crippen LogP contribution in [-0.2, 0) is 4.79 Å². The molecule has 4 rings (SSSR count). The summed E-state index contributed by atoms with van der Waals surface area (Å²) in [5.41, 5.74) is 3.58. The number of nitrogens with one attached hydrogen (secondary N) is 2. The van der Waals surface area contributed by atoms with E-state index >= 15 is 0 Å². The van der Waals surface area contributed by atoms with Crippen molar-refractivity contribution in [3.63, 3.8) is 0 Å². The van der Waals surface area contributed by atoms with E-state index in [1.165, 1.54) is 0 Å². The Kier molecular flexibility index (Phi) is 7.01. The van der Waals surface area contributed by atoms with Crippen LogP contribution in [0, 0.1) is 6.92 Å². The molecule has 176 valence electrons. The van der Waals surface area contributed by atoms with E-state index in [2.05, 4.69) is 15.5 Å². The summed E-state index contributed by atoms with van der Waals surface area (Å²) < 4.78 is 5.85. The molecule has 0 aliphatic carbocycles. The molecule has 0 spiro atoms. The Morgan fingerprint density at radius 1 is 0.941 bits per heavy atom. The van der Waals surface area contributed by atoms with Gasteiger partial charge in [0.2, 0.25) is 5.91 Å². The van der Waals surface area contributed by atoms with E-state index in [1.54, 1.807) is 19.1 Å². The summed E-state index contributed by atoms with van der Waals surface area (Å²) in [5.74, 6) is 1.56. The number of anilines is 3. The highest BCUT2D eigenvalue weighted by Crippen LogP contribution is 2.25. The maximum atomic E-state index is 12.4. The predicted octanol–water partition coefficient (Wildman–Crippen LogP) is 5.49. The van der Waals surface area contributed by atoms with Crippen molar-refractivity contribution in [2.24, 2.45) is 0 Å². The monoisotopic (exact) mass is 458 g/mol. The molecule has 1 unspecified atom stereocenters. The molecular weight excluding hydrogens is 428 g/mol. The van der Waals surface area contributed by atoms with Gasteiger partial charge in [0.1, 0.15) is 11.5 Å². The van der Waals surface area contributed by atoms with Gasteiger partial charge in [-0.2, -0.15) is 0 Å². The molecule has 7 nitrogen and oxygen atoms in total. The fraction of sp³-hybridized carbons (Fsp3) is 0.259. The minimum absolute atomic E-state index is 0.0888. The molecule has 0 aromatic heterocycles. The van der Waals surface area contributed by atoms with Crippen LogP contribution in [-0.4, -0.2) is 43.0 Å². The van der Waals surface area contributed by atoms with Crippen LogP contribution in [0.15, 0.2) is 72.8 Å². The van der Waals surface area contributed by atoms with Crippen LogP contribution in [0.3, 0.4) is 0 Å². The van der Waals surface area contributed by atoms with Crippen molar-refractivity contribution < 1.29 is 14.3 Å². The number of likely N-dealkylation sites (N-methyl/N-ethyl adjacent to an activating group) is 1. The third-order valence-electron chi connectivity index (χ3n) is 6.04. The molecule has 0 radical (unpaired) electrons. The highest BCUT2D eigenvalue weighted by Gasteiger charge is 2.27. The Morgan fingerprint density at radius 3 is 2.21 bits per heavy atom. The normalized spacial score (nSPS) is 15.0. The first kappa shape index (κ1) is 23.2. The number of benzene rings is 3. The van der Waals surface area contributed by atoms with Crippen molar-refractivity contribution in [1.82, 2.24) is 4.90 Å². The van der Waals surface area contributed by atoms with Crippen LogP contribution in [0.5, 0.6) is 11.5 Å². The van der Waals surface area contributed by atoms with Gasteiger partial charge in [0.15, 0.2) is 0 Å². The SMILES string of the molecule is CC(=O)N(C)C1CCN(c2ccc(NC(=O)Nc3ccc(Oc4cccc(C)c4)cc3)cc2)C1. The van der Waals surface area contributed by atoms with Crippen molar-refractivity contribution in [2.45, 2.75) is 26.3 Å². The first-order chi connectivity index (χ1) is 16.4. The van der Waals surface area contributed by atoms with Gasteiger partial charge < -0.3 is 25.2 Å². The number of hydrogen-bond donors (Lipinski definition) is 2. The first-order valence-electron chi connectivity index (χ1n) is 11.4. The number of hydrogen-bond acceptors (Lipinski definition) is 4. The zero-order valence-electron chi connectivity index (χ0n) is 19.7. The second-order valence-electron chi connectivity index (χ2n) is 8.59. The van der Waals surface area contributed by atoms with Gasteiger partial charge in [0.25, 0.3) is 0 Å². The standard InChI is InChI=1S/C27H30N4O3/c1-19-5-4-6-26(17-19)34-25-13-9-22(10-14-25)29-27(33)28-21-7-11-23(12-8-21)31-16-15-24(18-31)30(3)20(2)32/h4-14,17,24H,15-16,18H2,1-3H3,(H2,28,29,33). The molecular formula is C27H30N4O3. The quantitative estimate of drug-likeness (QED) is 0.512. The fourth-order valence-corrected chi connectivity index (χ4v) is 4.02. The van der Waals surface area contributed by atoms with Crippen LogP contribution in [0.1, 0.15) is 18.9 Å². The number of carbonyl (C=O) groups excluding carboxylic acids is 2. The van der Waals surface area contributed by atoms with Crippen LogP contribution < -0.4 is 20.3 Å². The van der Waals surface area contributed by atoms with Gasteiger partial charge in [-0.3, -0.25) is 4.79 Å². The van der Waals surface area contributed by atoms with E-state index in [4.69, 9.17) is 4.74 Å². The average Bonchev–Trinajstić information content (AvgIpc) is 3.30. The number of ether oxygens (including phenoxy) is 1. The lowest BCUT2D eigenvalue weighted by atomic mass is 10.2. The van der Waals surface area contributed by atoms with Crippen molar-refractivity contribution in [3.8, 4) is 11.5 Å². The van der Waals surface area contributed by atoms with E-state index in [1.807, 2.05) is 79.5 Å². The molecule has 3 aromatic carbocycles. The summed E-state index contributed by atoms with van der Waals surface area (Å²) in [7, 11) is 1.85. The summed E-state index contributed by atoms with van der Waals surface area (Å²) >= 11 is 0. The van der Waals surface area contributed by atoms with E-state index in [-0.39, 0.29) is 18.0 Å². The summed E-state index contributed by atoms with van der Waals surface area (Å²) in [4.78, 5) is 28.1. The molecule has 0 bridgehead atoms. The molecule has 1 saturated heterocycles. The van der Waals surface area contributed by atoms with Gasteiger partial charge in [-0.15, -0.1) is 0 Å². The van der Waals surface area contributed by atoms with Gasteiger partial charge in [-0.25, -0.2) is 4.79 Å². The van der Waals surface area contributed by atoms with E-state index in [0.717, 1.165) is 36.5 Å². The molecule has 1 fully saturated rings. The molecule has 1 atom stereocenters. The molecule has 0 saturated carbocycles. The minimum Gasteiger partial charge on any atom is -0.457 e. The Labute approximate surface area is 200 Å². The largest absolute Gasteiger partial charge is 0.457 e. The van der Waals surface area contributed by atoms with Gasteiger partial charge in [0, 0.05) is 44.1 Å². The zero-order valence-corrected chi connectivity index (χ0v) is 19.7. The van der Waals surface area contributed by atoms with Crippen LogP contribution in [0.2, 0.25) is 0 Å². The van der Waals surface area contributed by atoms with Crippen molar-refractivity contribution >= 4 is 29.0 Å². The maximum Gasteiger partial charge on any atom is 0.323 e. The summed E-state index contributed by atoms with van der Waals surface area (Å²) in [5, 5.41) is 5.69. The summed E-state index contributed by atoms with van der Waals surface area (Å²) in [6.07, 6.45) is 0.952. The van der Waals surface area contributed by atoms with Crippen LogP contribution >= 0.6 is 0 Å². The smallest absolute Gasteiger partial charge is 0.323 e. The Hall–Kier alpha value is -4.00. The predicted molar refractivity (Wildman–Crippen MR) is 136 cm³/mol. The van der Waals surface area contributed by atoms with Crippen molar-refractivity contribution in [3.05, 3.63) is 78.4 Å². The maximum absolute atomic E-state index is 12.4. The molecule has 3 aromatic rings. The van der Waals surface area contributed by atoms with Crippen molar-refractivity contribution in [1.29, 1.82) is 0 Å². The number of amides is 3. The molecule has 2 N–H and O–H groups in total. The first-order valence-corrected chi connectivity index (χ1v) is 11.4. The Bertz CT molecular complexity index is 1150. The van der Waals surface area contributed by atoms with Crippen LogP contribution in [0.4, 0.5) is 21.9 Å². The van der Waals surface area contributed by atoms with E-state index in [0.29, 0.717) is 17.1 Å². The molecule has 34 heavy (non-hydrogen) atoms. The molecule has 1 heterocycles. The molecule has 3 amide bonds.